The molecular formula is C11H20N2O2. The molecule has 4 nitrogen and oxygen atoms in total. The summed E-state index contributed by atoms with van der Waals surface area (Å²) < 4.78 is 0. The van der Waals surface area contributed by atoms with Crippen molar-refractivity contribution in [3.63, 3.8) is 0 Å². The minimum Gasteiger partial charge on any atom is -0.481 e. The van der Waals surface area contributed by atoms with Gasteiger partial charge in [0.25, 0.3) is 0 Å². The number of likely N-dealkylation sites (tertiary alicyclic amines) is 1. The number of carbonyl (C=O) groups is 1. The van der Waals surface area contributed by atoms with E-state index in [1.54, 1.807) is 0 Å². The fraction of sp³-hybridized carbons (Fsp3) is 0.909. The van der Waals surface area contributed by atoms with E-state index in [2.05, 4.69) is 4.90 Å². The van der Waals surface area contributed by atoms with Crippen LogP contribution < -0.4 is 5.73 Å². The van der Waals surface area contributed by atoms with Crippen molar-refractivity contribution in [3.05, 3.63) is 0 Å². The Balaban J connectivity index is 1.80. The number of aliphatic carboxylic acids is 1. The Labute approximate surface area is 90.4 Å². The molecule has 0 aromatic carbocycles. The average molecular weight is 212 g/mol. The summed E-state index contributed by atoms with van der Waals surface area (Å²) in [5, 5.41) is 9.09. The maximum absolute atomic E-state index is 11.0. The monoisotopic (exact) mass is 212 g/mol. The Morgan fingerprint density at radius 2 is 2.00 bits per heavy atom. The number of carboxylic acids is 1. The molecule has 0 unspecified atom stereocenters. The van der Waals surface area contributed by atoms with Gasteiger partial charge in [-0.05, 0) is 51.2 Å². The summed E-state index contributed by atoms with van der Waals surface area (Å²) in [7, 11) is 0. The van der Waals surface area contributed by atoms with Gasteiger partial charge in [0.15, 0.2) is 0 Å². The normalized spacial score (nSPS) is 26.5. The first-order chi connectivity index (χ1) is 7.16. The number of nitrogens with two attached hydrogens (primary N) is 1. The summed E-state index contributed by atoms with van der Waals surface area (Å²) in [4.78, 5) is 13.3. The fourth-order valence-electron chi connectivity index (χ4n) is 2.40. The van der Waals surface area contributed by atoms with Gasteiger partial charge in [-0.15, -0.1) is 0 Å². The van der Waals surface area contributed by atoms with Gasteiger partial charge < -0.3 is 15.7 Å². The fourth-order valence-corrected chi connectivity index (χ4v) is 2.40. The Morgan fingerprint density at radius 3 is 2.40 bits per heavy atom. The summed E-state index contributed by atoms with van der Waals surface area (Å²) in [6, 6.07) is 0. The van der Waals surface area contributed by atoms with Crippen molar-refractivity contribution in [1.82, 2.24) is 4.90 Å². The summed E-state index contributed by atoms with van der Waals surface area (Å²) >= 11 is 0. The largest absolute Gasteiger partial charge is 0.481 e. The molecule has 2 aliphatic rings. The molecule has 0 amide bonds. The van der Waals surface area contributed by atoms with Gasteiger partial charge in [0.1, 0.15) is 0 Å². The second kappa shape index (κ2) is 4.10. The topological polar surface area (TPSA) is 66.6 Å². The third-order valence-electron chi connectivity index (χ3n) is 3.87. The van der Waals surface area contributed by atoms with Crippen molar-refractivity contribution < 1.29 is 9.90 Å². The molecule has 0 aromatic rings. The Morgan fingerprint density at radius 1 is 1.40 bits per heavy atom. The number of rotatable bonds is 4. The molecular weight excluding hydrogens is 192 g/mol. The summed E-state index contributed by atoms with van der Waals surface area (Å²) in [6.07, 6.45) is 3.98. The van der Waals surface area contributed by atoms with E-state index in [9.17, 15) is 4.79 Å². The third kappa shape index (κ3) is 2.32. The quantitative estimate of drug-likeness (QED) is 0.713. The van der Waals surface area contributed by atoms with Crippen LogP contribution in [0.2, 0.25) is 0 Å². The van der Waals surface area contributed by atoms with E-state index in [1.165, 1.54) is 0 Å². The Kier molecular flexibility index (Phi) is 2.98. The predicted molar refractivity (Wildman–Crippen MR) is 57.5 cm³/mol. The van der Waals surface area contributed by atoms with Crippen LogP contribution in [0.3, 0.4) is 0 Å². The molecule has 0 radical (unpaired) electrons. The van der Waals surface area contributed by atoms with Gasteiger partial charge in [-0.1, -0.05) is 0 Å². The highest BCUT2D eigenvalue weighted by molar-refractivity contribution is 5.78. The van der Waals surface area contributed by atoms with Crippen LogP contribution in [0.1, 0.15) is 25.7 Å². The number of hydrogen-bond acceptors (Lipinski definition) is 3. The van der Waals surface area contributed by atoms with E-state index in [0.29, 0.717) is 5.92 Å². The summed E-state index contributed by atoms with van der Waals surface area (Å²) in [5.41, 5.74) is 5.23. The van der Waals surface area contributed by atoms with Crippen LogP contribution >= 0.6 is 0 Å². The minimum absolute atomic E-state index is 0.393. The van der Waals surface area contributed by atoms with Gasteiger partial charge in [0, 0.05) is 6.54 Å². The van der Waals surface area contributed by atoms with Crippen LogP contribution in [0.25, 0.3) is 0 Å². The maximum atomic E-state index is 11.0. The highest BCUT2D eigenvalue weighted by Crippen LogP contribution is 2.46. The molecule has 1 aliphatic heterocycles. The Bertz CT molecular complexity index is 243. The smallest absolute Gasteiger partial charge is 0.310 e. The molecule has 86 valence electrons. The molecule has 1 heterocycles. The van der Waals surface area contributed by atoms with E-state index in [1.807, 2.05) is 0 Å². The molecule has 15 heavy (non-hydrogen) atoms. The van der Waals surface area contributed by atoms with Crippen LogP contribution in [0.4, 0.5) is 0 Å². The standard InChI is InChI=1S/C11H20N2O2/c12-7-9-1-5-13(6-2-9)8-11(3-4-11)10(14)15/h9H,1-8,12H2,(H,14,15). The zero-order valence-electron chi connectivity index (χ0n) is 9.11. The lowest BCUT2D eigenvalue weighted by Crippen LogP contribution is -2.41. The molecule has 0 aromatic heterocycles. The van der Waals surface area contributed by atoms with Gasteiger partial charge in [-0.25, -0.2) is 0 Å². The van der Waals surface area contributed by atoms with E-state index in [4.69, 9.17) is 10.8 Å². The lowest BCUT2D eigenvalue weighted by atomic mass is 9.95. The van der Waals surface area contributed by atoms with Gasteiger partial charge in [-0.3, -0.25) is 4.79 Å². The molecule has 1 saturated heterocycles. The van der Waals surface area contributed by atoms with Crippen molar-refractivity contribution in [2.45, 2.75) is 25.7 Å². The molecule has 0 atom stereocenters. The molecule has 0 bridgehead atoms. The zero-order valence-corrected chi connectivity index (χ0v) is 9.11. The molecule has 3 N–H and O–H groups in total. The zero-order chi connectivity index (χ0) is 10.9. The van der Waals surface area contributed by atoms with Gasteiger partial charge >= 0.3 is 5.97 Å². The first-order valence-corrected chi connectivity index (χ1v) is 5.82. The first-order valence-electron chi connectivity index (χ1n) is 5.82. The van der Waals surface area contributed by atoms with Crippen molar-refractivity contribution in [1.29, 1.82) is 0 Å². The van der Waals surface area contributed by atoms with Crippen molar-refractivity contribution in [2.75, 3.05) is 26.2 Å². The van der Waals surface area contributed by atoms with Gasteiger partial charge in [-0.2, -0.15) is 0 Å². The minimum atomic E-state index is -0.608. The van der Waals surface area contributed by atoms with E-state index >= 15 is 0 Å². The van der Waals surface area contributed by atoms with Gasteiger partial charge in [0.05, 0.1) is 5.41 Å². The summed E-state index contributed by atoms with van der Waals surface area (Å²) in [6.45, 7) is 3.57. The molecule has 1 aliphatic carbocycles. The second-order valence-corrected chi connectivity index (χ2v) is 5.04. The highest BCUT2D eigenvalue weighted by Gasteiger charge is 2.51. The predicted octanol–water partition coefficient (Wildman–Crippen LogP) is 0.522. The average Bonchev–Trinajstić information content (AvgIpc) is 3.00. The highest BCUT2D eigenvalue weighted by atomic mass is 16.4. The number of nitrogens with zero attached hydrogens (tertiary/aromatic N) is 1. The lowest BCUT2D eigenvalue weighted by molar-refractivity contribution is -0.144. The Hall–Kier alpha value is -0.610. The van der Waals surface area contributed by atoms with Crippen LogP contribution in [0.15, 0.2) is 0 Å². The second-order valence-electron chi connectivity index (χ2n) is 5.04. The number of hydrogen-bond donors (Lipinski definition) is 2. The van der Waals surface area contributed by atoms with Crippen molar-refractivity contribution in [2.24, 2.45) is 17.1 Å². The SMILES string of the molecule is NCC1CCN(CC2(C(=O)O)CC2)CC1. The molecule has 0 spiro atoms. The van der Waals surface area contributed by atoms with Crippen LogP contribution in [-0.4, -0.2) is 42.2 Å². The van der Waals surface area contributed by atoms with Crippen LogP contribution in [0.5, 0.6) is 0 Å². The van der Waals surface area contributed by atoms with Crippen molar-refractivity contribution in [3.8, 4) is 0 Å². The molecule has 4 heteroatoms. The third-order valence-corrected chi connectivity index (χ3v) is 3.87. The molecule has 2 fully saturated rings. The molecule has 2 rings (SSSR count). The first kappa shape index (κ1) is 10.9. The maximum Gasteiger partial charge on any atom is 0.310 e. The van der Waals surface area contributed by atoms with Crippen molar-refractivity contribution >= 4 is 5.97 Å². The summed E-state index contributed by atoms with van der Waals surface area (Å²) in [5.74, 6) is 0.0460. The lowest BCUT2D eigenvalue weighted by Gasteiger charge is -2.32. The van der Waals surface area contributed by atoms with E-state index in [-0.39, 0.29) is 0 Å². The van der Waals surface area contributed by atoms with Crippen LogP contribution in [0, 0.1) is 11.3 Å². The number of piperidine rings is 1. The van der Waals surface area contributed by atoms with E-state index in [0.717, 1.165) is 51.9 Å². The molecule has 1 saturated carbocycles. The van der Waals surface area contributed by atoms with Gasteiger partial charge in [0.2, 0.25) is 0 Å². The van der Waals surface area contributed by atoms with Crippen LogP contribution in [-0.2, 0) is 4.79 Å². The van der Waals surface area contributed by atoms with E-state index < -0.39 is 11.4 Å². The number of carboxylic acid groups (broad SMARTS) is 1.